The molecule has 10 nitrogen and oxygen atoms in total. The van der Waals surface area contributed by atoms with Crippen LogP contribution in [0.5, 0.6) is 0 Å². The van der Waals surface area contributed by atoms with Crippen LogP contribution >= 0.6 is 11.8 Å². The molecule has 0 aliphatic rings. The molecule has 11 heteroatoms. The van der Waals surface area contributed by atoms with Crippen molar-refractivity contribution in [3.8, 4) is 0 Å². The molecule has 1 aromatic carbocycles. The first-order valence-corrected chi connectivity index (χ1v) is 8.44. The van der Waals surface area contributed by atoms with Crippen molar-refractivity contribution in [2.24, 2.45) is 0 Å². The maximum atomic E-state index is 12.0. The van der Waals surface area contributed by atoms with E-state index in [0.717, 1.165) is 28.7 Å². The van der Waals surface area contributed by atoms with E-state index in [1.807, 2.05) is 29.2 Å². The zero-order valence-corrected chi connectivity index (χ0v) is 13.9. The van der Waals surface area contributed by atoms with Crippen molar-refractivity contribution < 1.29 is 4.79 Å². The van der Waals surface area contributed by atoms with Crippen molar-refractivity contribution in [3.63, 3.8) is 0 Å². The van der Waals surface area contributed by atoms with Crippen LogP contribution in [-0.4, -0.2) is 41.8 Å². The predicted octanol–water partition coefficient (Wildman–Crippen LogP) is 0.613. The lowest BCUT2D eigenvalue weighted by Crippen LogP contribution is -2.25. The zero-order valence-electron chi connectivity index (χ0n) is 13.1. The summed E-state index contributed by atoms with van der Waals surface area (Å²) in [5, 5.41) is 11.9. The van der Waals surface area contributed by atoms with Gasteiger partial charge in [0.25, 0.3) is 5.56 Å². The number of hydrogen-bond donors (Lipinski definition) is 4. The minimum atomic E-state index is -0.697. The van der Waals surface area contributed by atoms with Gasteiger partial charge in [0.15, 0.2) is 5.65 Å². The molecule has 4 rings (SSSR count). The fraction of sp³-hybridized carbons (Fsp3) is 0.0667. The van der Waals surface area contributed by atoms with E-state index >= 15 is 0 Å². The van der Waals surface area contributed by atoms with Crippen LogP contribution in [-0.2, 0) is 4.79 Å². The third-order valence-corrected chi connectivity index (χ3v) is 4.31. The number of amides is 1. The topological polar surface area (TPSA) is 149 Å². The number of nitrogens with zero attached hydrogens (tertiary/aromatic N) is 3. The number of para-hydroxylation sites is 1. The smallest absolute Gasteiger partial charge is 0.327 e. The largest absolute Gasteiger partial charge is 0.338 e. The lowest BCUT2D eigenvalue weighted by molar-refractivity contribution is -0.113. The molecule has 0 atom stereocenters. The number of rotatable bonds is 4. The molecule has 0 saturated heterocycles. The monoisotopic (exact) mass is 369 g/mol. The number of aromatic amines is 3. The third-order valence-electron chi connectivity index (χ3n) is 3.47. The summed E-state index contributed by atoms with van der Waals surface area (Å²) in [6.07, 6.45) is 0. The highest BCUT2D eigenvalue weighted by Gasteiger charge is 2.11. The Hall–Kier alpha value is -3.47. The Morgan fingerprint density at radius 3 is 2.81 bits per heavy atom. The highest BCUT2D eigenvalue weighted by atomic mass is 32.2. The number of H-pyrrole nitrogens is 3. The Balaban J connectivity index is 1.48. The van der Waals surface area contributed by atoms with Gasteiger partial charge in [-0.05, 0) is 6.07 Å². The Kier molecular flexibility index (Phi) is 3.97. The summed E-state index contributed by atoms with van der Waals surface area (Å²) < 4.78 is 0. The summed E-state index contributed by atoms with van der Waals surface area (Å²) in [6.45, 7) is 0. The lowest BCUT2D eigenvalue weighted by atomic mass is 10.2. The van der Waals surface area contributed by atoms with E-state index in [2.05, 4.69) is 30.5 Å². The molecule has 0 saturated carbocycles. The second-order valence-electron chi connectivity index (χ2n) is 5.30. The summed E-state index contributed by atoms with van der Waals surface area (Å²) in [5.41, 5.74) is 0.853. The van der Waals surface area contributed by atoms with Crippen molar-refractivity contribution in [2.45, 2.75) is 5.16 Å². The zero-order chi connectivity index (χ0) is 18.1. The Labute approximate surface area is 148 Å². The molecule has 4 N–H and O–H groups in total. The van der Waals surface area contributed by atoms with Crippen LogP contribution in [0.1, 0.15) is 0 Å². The lowest BCUT2D eigenvalue weighted by Gasteiger charge is -2.03. The van der Waals surface area contributed by atoms with Crippen LogP contribution in [0.4, 0.5) is 5.82 Å². The van der Waals surface area contributed by atoms with Crippen LogP contribution in [0.25, 0.3) is 22.1 Å². The first-order chi connectivity index (χ1) is 12.6. The van der Waals surface area contributed by atoms with Gasteiger partial charge in [-0.15, -0.1) is 10.2 Å². The Bertz CT molecular complexity index is 1210. The predicted molar refractivity (Wildman–Crippen MR) is 96.2 cm³/mol. The number of anilines is 1. The summed E-state index contributed by atoms with van der Waals surface area (Å²) >= 11 is 1.09. The van der Waals surface area contributed by atoms with Crippen molar-refractivity contribution in [2.75, 3.05) is 11.1 Å². The maximum Gasteiger partial charge on any atom is 0.327 e. The molecule has 3 aromatic heterocycles. The number of nitrogens with one attached hydrogen (secondary N) is 4. The fourth-order valence-electron chi connectivity index (χ4n) is 2.42. The molecule has 130 valence electrons. The highest BCUT2D eigenvalue weighted by molar-refractivity contribution is 7.99. The molecular weight excluding hydrogens is 358 g/mol. The highest BCUT2D eigenvalue weighted by Crippen LogP contribution is 2.23. The second kappa shape index (κ2) is 6.44. The van der Waals surface area contributed by atoms with E-state index in [-0.39, 0.29) is 11.6 Å². The summed E-state index contributed by atoms with van der Waals surface area (Å²) in [4.78, 5) is 46.2. The Morgan fingerprint density at radius 2 is 1.96 bits per heavy atom. The number of thioether (sulfide) groups is 1. The van der Waals surface area contributed by atoms with Crippen LogP contribution in [0.3, 0.4) is 0 Å². The van der Waals surface area contributed by atoms with Crippen molar-refractivity contribution >= 4 is 45.6 Å². The van der Waals surface area contributed by atoms with Gasteiger partial charge in [0, 0.05) is 17.0 Å². The summed E-state index contributed by atoms with van der Waals surface area (Å²) in [7, 11) is 0. The minimum absolute atomic E-state index is 0.0117. The van der Waals surface area contributed by atoms with Crippen LogP contribution in [0, 0.1) is 0 Å². The Morgan fingerprint density at radius 1 is 1.12 bits per heavy atom. The molecular formula is C15H11N7O3S. The van der Waals surface area contributed by atoms with Crippen molar-refractivity contribution in [1.29, 1.82) is 0 Å². The van der Waals surface area contributed by atoms with Gasteiger partial charge in [-0.2, -0.15) is 0 Å². The average molecular weight is 369 g/mol. The summed E-state index contributed by atoms with van der Waals surface area (Å²) in [5.74, 6) is -0.409. The summed E-state index contributed by atoms with van der Waals surface area (Å²) in [6, 6.07) is 8.74. The second-order valence-corrected chi connectivity index (χ2v) is 6.24. The molecule has 0 bridgehead atoms. The maximum absolute atomic E-state index is 12.0. The molecule has 1 amide bonds. The van der Waals surface area contributed by atoms with Crippen molar-refractivity contribution in [1.82, 2.24) is 30.1 Å². The number of benzene rings is 1. The molecule has 26 heavy (non-hydrogen) atoms. The number of aromatic nitrogens is 6. The van der Waals surface area contributed by atoms with Crippen molar-refractivity contribution in [3.05, 3.63) is 51.2 Å². The van der Waals surface area contributed by atoms with E-state index < -0.39 is 17.2 Å². The number of fused-ring (bicyclic) bond motifs is 3. The third kappa shape index (κ3) is 3.19. The van der Waals surface area contributed by atoms with Gasteiger partial charge in [0.05, 0.1) is 5.75 Å². The quantitative estimate of drug-likeness (QED) is 0.385. The van der Waals surface area contributed by atoms with E-state index in [9.17, 15) is 14.4 Å². The molecule has 0 aliphatic heterocycles. The van der Waals surface area contributed by atoms with Crippen LogP contribution in [0.15, 0.2) is 45.1 Å². The first-order valence-electron chi connectivity index (χ1n) is 7.46. The van der Waals surface area contributed by atoms with Gasteiger partial charge in [0.2, 0.25) is 11.1 Å². The van der Waals surface area contributed by atoms with Gasteiger partial charge in [-0.3, -0.25) is 19.6 Å². The number of carbonyl (C=O) groups excluding carboxylic acids is 1. The molecule has 3 heterocycles. The minimum Gasteiger partial charge on any atom is -0.338 e. The van der Waals surface area contributed by atoms with E-state index in [1.54, 1.807) is 0 Å². The van der Waals surface area contributed by atoms with Crippen LogP contribution in [0.2, 0.25) is 0 Å². The van der Waals surface area contributed by atoms with Gasteiger partial charge in [-0.1, -0.05) is 30.0 Å². The molecule has 0 fully saturated rings. The average Bonchev–Trinajstić information content (AvgIpc) is 2.97. The first kappa shape index (κ1) is 16.0. The fourth-order valence-corrected chi connectivity index (χ4v) is 3.01. The normalized spacial score (nSPS) is 11.1. The van der Waals surface area contributed by atoms with Gasteiger partial charge >= 0.3 is 5.69 Å². The van der Waals surface area contributed by atoms with Gasteiger partial charge in [-0.25, -0.2) is 9.78 Å². The van der Waals surface area contributed by atoms with E-state index in [4.69, 9.17) is 0 Å². The standard InChI is InChI=1S/C15H11N7O3S/c23-10-5-9(18-14(25)19-10)17-11(24)6-26-15-20-13-12(21-22-15)7-3-1-2-4-8(7)16-13/h1-5H,6H2,(H,16,20,22)(H3,17,18,19,23,24,25). The molecule has 0 unspecified atom stereocenters. The SMILES string of the molecule is O=C(CSc1nnc2c(n1)[nH]c1ccccc12)Nc1cc(=O)[nH]c(=O)[nH]1. The number of hydrogen-bond acceptors (Lipinski definition) is 7. The van der Waals surface area contributed by atoms with E-state index in [0.29, 0.717) is 16.3 Å². The molecule has 4 aromatic rings. The van der Waals surface area contributed by atoms with Crippen LogP contribution < -0.4 is 16.6 Å². The number of carbonyl (C=O) groups is 1. The van der Waals surface area contributed by atoms with Gasteiger partial charge in [0.1, 0.15) is 11.3 Å². The van der Waals surface area contributed by atoms with Gasteiger partial charge < -0.3 is 10.3 Å². The molecule has 0 radical (unpaired) electrons. The molecule has 0 aliphatic carbocycles. The van der Waals surface area contributed by atoms with E-state index in [1.165, 1.54) is 0 Å². The molecule has 0 spiro atoms.